The average Bonchev–Trinajstić information content (AvgIpc) is 3.55. The number of β-amino-alcohol motifs (C(OH)–C–C–N with tert-alkyl or cyclic N) is 1. The Hall–Kier alpha value is -3.05. The number of aliphatic imine (C=N–C) groups is 1. The van der Waals surface area contributed by atoms with Gasteiger partial charge < -0.3 is 35.8 Å². The van der Waals surface area contributed by atoms with Crippen LogP contribution < -0.4 is 16.4 Å². The van der Waals surface area contributed by atoms with Gasteiger partial charge in [-0.25, -0.2) is 0 Å². The number of alkyl halides is 1. The van der Waals surface area contributed by atoms with Gasteiger partial charge in [-0.05, 0) is 32.4 Å². The molecule has 1 aromatic heterocycles. The highest BCUT2D eigenvalue weighted by Crippen LogP contribution is 2.31. The maximum Gasteiger partial charge on any atom is 0.246 e. The van der Waals surface area contributed by atoms with Gasteiger partial charge >= 0.3 is 0 Å². The van der Waals surface area contributed by atoms with Crippen LogP contribution in [-0.4, -0.2) is 118 Å². The lowest BCUT2D eigenvalue weighted by atomic mass is 9.85. The first-order chi connectivity index (χ1) is 21.6. The fourth-order valence-electron chi connectivity index (χ4n) is 4.76. The number of thioether (sulfide) groups is 1. The number of nitrogens with one attached hydrogen (secondary N) is 2. The lowest BCUT2D eigenvalue weighted by Gasteiger charge is -2.35. The molecule has 5 N–H and O–H groups in total. The Kier molecular flexibility index (Phi) is 15.6. The summed E-state index contributed by atoms with van der Waals surface area (Å²) in [5, 5.41) is 24.3. The molecule has 2 rings (SSSR count). The van der Waals surface area contributed by atoms with E-state index in [1.807, 2.05) is 6.92 Å². The summed E-state index contributed by atoms with van der Waals surface area (Å²) in [4.78, 5) is 55.4. The van der Waals surface area contributed by atoms with E-state index >= 15 is 0 Å². The topological polar surface area (TPSA) is 203 Å². The van der Waals surface area contributed by atoms with Crippen LogP contribution in [0.25, 0.3) is 5.03 Å². The van der Waals surface area contributed by atoms with Crippen molar-refractivity contribution >= 4 is 58.7 Å². The summed E-state index contributed by atoms with van der Waals surface area (Å²) in [6.07, 6.45) is -0.290. The molecule has 1 aliphatic rings. The number of hydrogen-bond donors (Lipinski definition) is 4. The molecule has 17 heteroatoms. The van der Waals surface area contributed by atoms with Crippen molar-refractivity contribution in [1.29, 1.82) is 0 Å². The molecule has 4 amide bonds. The lowest BCUT2D eigenvalue weighted by Crippen LogP contribution is -2.57. The molecule has 0 radical (unpaired) electrons. The van der Waals surface area contributed by atoms with Crippen LogP contribution in [0.4, 0.5) is 0 Å². The van der Waals surface area contributed by atoms with Crippen molar-refractivity contribution in [2.45, 2.75) is 82.8 Å². The van der Waals surface area contributed by atoms with E-state index in [9.17, 15) is 24.3 Å². The second-order valence-electron chi connectivity index (χ2n) is 11.9. The van der Waals surface area contributed by atoms with Crippen molar-refractivity contribution in [3.63, 3.8) is 0 Å². The van der Waals surface area contributed by atoms with E-state index in [1.54, 1.807) is 32.3 Å². The van der Waals surface area contributed by atoms with Crippen LogP contribution in [0.1, 0.15) is 64.6 Å². The van der Waals surface area contributed by atoms with E-state index in [0.717, 1.165) is 0 Å². The molecular weight excluding hydrogens is 640 g/mol. The number of carbonyl (C=O) groups is 4. The van der Waals surface area contributed by atoms with Crippen LogP contribution in [-0.2, 0) is 28.7 Å². The van der Waals surface area contributed by atoms with Gasteiger partial charge in [0, 0.05) is 32.7 Å². The largest absolute Gasteiger partial charge is 0.391 e. The number of hydrogen-bond acceptors (Lipinski definition) is 11. The fourth-order valence-corrected chi connectivity index (χ4v) is 5.78. The number of ether oxygens (including phenoxy) is 2. The molecule has 2 heterocycles. The predicted octanol–water partition coefficient (Wildman–Crippen LogP) is 0.982. The van der Waals surface area contributed by atoms with Gasteiger partial charge in [-0.15, -0.1) is 21.8 Å². The number of primary amides is 1. The molecule has 1 unspecified atom stereocenters. The zero-order valence-corrected chi connectivity index (χ0v) is 28.7. The monoisotopic (exact) mass is 686 g/mol. The van der Waals surface area contributed by atoms with Gasteiger partial charge in [0.2, 0.25) is 23.6 Å². The molecule has 0 spiro atoms. The van der Waals surface area contributed by atoms with Crippen molar-refractivity contribution < 1.29 is 33.8 Å². The van der Waals surface area contributed by atoms with Crippen molar-refractivity contribution in [2.75, 3.05) is 39.5 Å². The van der Waals surface area contributed by atoms with Crippen LogP contribution in [0.3, 0.4) is 0 Å². The number of likely N-dealkylation sites (tertiary alicyclic amines) is 1. The summed E-state index contributed by atoms with van der Waals surface area (Å²) in [6.45, 7) is 17.4. The third-order valence-electron chi connectivity index (χ3n) is 6.98. The first-order valence-corrected chi connectivity index (χ1v) is 16.3. The van der Waals surface area contributed by atoms with Crippen LogP contribution in [0.2, 0.25) is 0 Å². The zero-order valence-electron chi connectivity index (χ0n) is 27.2. The molecule has 1 aromatic rings. The molecule has 0 saturated carbocycles. The minimum atomic E-state index is -0.951. The number of nitrogens with two attached hydrogens (primary N) is 1. The molecule has 5 atom stereocenters. The number of aliphatic hydroxyl groups is 1. The molecule has 1 aliphatic heterocycles. The van der Waals surface area contributed by atoms with Crippen LogP contribution in [0, 0.1) is 12.3 Å². The minimum absolute atomic E-state index is 0.0132. The van der Waals surface area contributed by atoms with Gasteiger partial charge in [0.15, 0.2) is 5.82 Å². The zero-order chi connectivity index (χ0) is 34.6. The number of carbonyl (C=O) groups excluding carboxylic acids is 4. The Morgan fingerprint density at radius 3 is 2.48 bits per heavy atom. The summed E-state index contributed by atoms with van der Waals surface area (Å²) in [7, 11) is 0. The van der Waals surface area contributed by atoms with E-state index in [2.05, 4.69) is 39.1 Å². The van der Waals surface area contributed by atoms with Gasteiger partial charge in [-0.1, -0.05) is 39.1 Å². The van der Waals surface area contributed by atoms with Gasteiger partial charge in [-0.3, -0.25) is 28.7 Å². The van der Waals surface area contributed by atoms with Crippen LogP contribution in [0.15, 0.2) is 11.6 Å². The molecule has 1 fully saturated rings. The number of nitrogens with zero attached hydrogens (tertiary/aromatic N) is 5. The molecule has 0 bridgehead atoms. The lowest BCUT2D eigenvalue weighted by molar-refractivity contribution is -0.144. The Morgan fingerprint density at radius 1 is 1.20 bits per heavy atom. The third kappa shape index (κ3) is 12.0. The Morgan fingerprint density at radius 2 is 1.87 bits per heavy atom. The normalized spacial score (nSPS) is 18.5. The molecule has 0 aliphatic carbocycles. The summed E-state index contributed by atoms with van der Waals surface area (Å²) in [5.74, 6) is -0.902. The van der Waals surface area contributed by atoms with Gasteiger partial charge in [0.05, 0.1) is 28.9 Å². The van der Waals surface area contributed by atoms with Crippen LogP contribution in [0.5, 0.6) is 0 Å². The highest BCUT2D eigenvalue weighted by molar-refractivity contribution is 8.09. The van der Waals surface area contributed by atoms with E-state index < -0.39 is 47.4 Å². The Labute approximate surface area is 279 Å². The van der Waals surface area contributed by atoms with E-state index in [1.165, 1.54) is 16.7 Å². The molecule has 0 aromatic carbocycles. The summed E-state index contributed by atoms with van der Waals surface area (Å²) in [5.41, 5.74) is 4.74. The number of rotatable bonds is 19. The second-order valence-corrected chi connectivity index (χ2v) is 14.3. The molecule has 46 heavy (non-hydrogen) atoms. The summed E-state index contributed by atoms with van der Waals surface area (Å²) in [6, 6.07) is -2.51. The van der Waals surface area contributed by atoms with Gasteiger partial charge in [0.1, 0.15) is 30.6 Å². The van der Waals surface area contributed by atoms with Crippen molar-refractivity contribution in [3.05, 3.63) is 18.2 Å². The Bertz CT molecular complexity index is 1240. The SMILES string of the molecule is C=N[C@@H](CC(=O)NCCOCCCOCC(=O)N[C@H](C(=O)N1C[C@H](O)C[C@H]1C(N)=O)C(C)(C)C)c1nnc(C)n1C(=C)SC(C)Cl. The second kappa shape index (κ2) is 18.3. The summed E-state index contributed by atoms with van der Waals surface area (Å²) < 4.78 is 12.5. The number of amides is 4. The third-order valence-corrected chi connectivity index (χ3v) is 8.03. The maximum absolute atomic E-state index is 13.2. The average molecular weight is 687 g/mol. The van der Waals surface area contributed by atoms with E-state index in [4.69, 9.17) is 26.8 Å². The van der Waals surface area contributed by atoms with Crippen molar-refractivity contribution in [1.82, 2.24) is 30.3 Å². The molecule has 258 valence electrons. The Balaban J connectivity index is 1.68. The first kappa shape index (κ1) is 39.1. The fraction of sp³-hybridized carbons (Fsp3) is 0.690. The first-order valence-electron chi connectivity index (χ1n) is 14.9. The van der Waals surface area contributed by atoms with E-state index in [0.29, 0.717) is 29.7 Å². The number of aliphatic hydroxyl groups excluding tert-OH is 1. The predicted molar refractivity (Wildman–Crippen MR) is 176 cm³/mol. The number of aromatic nitrogens is 3. The maximum atomic E-state index is 13.2. The number of halogens is 1. The highest BCUT2D eigenvalue weighted by atomic mass is 35.5. The van der Waals surface area contributed by atoms with E-state index in [-0.39, 0.29) is 56.4 Å². The standard InChI is InChI=1S/C29H47ClN8O7S/c1-17(30)46-19(3)38-18(2)35-36-27(38)21(32-7)14-23(40)33-9-12-44-10-8-11-45-16-24(41)34-25(29(4,5)6)28(43)37-15-20(39)13-22(37)26(31)42/h17,20-22,25,39H,3,7-16H2,1-2,4-6H3,(H2,31,42)(H,33,40)(H,34,41)/t17?,20-,21+,22+,25-/m1/s1. The quantitative estimate of drug-likeness (QED) is 0.0923. The number of aryl methyl sites for hydroxylation is 1. The minimum Gasteiger partial charge on any atom is -0.391 e. The molecule has 1 saturated heterocycles. The smallest absolute Gasteiger partial charge is 0.246 e. The molecule has 15 nitrogen and oxygen atoms in total. The molecular formula is C29H47ClN8O7S. The van der Waals surface area contributed by atoms with Gasteiger partial charge in [0.25, 0.3) is 0 Å². The van der Waals surface area contributed by atoms with Crippen molar-refractivity contribution in [3.8, 4) is 0 Å². The highest BCUT2D eigenvalue weighted by Gasteiger charge is 2.43. The summed E-state index contributed by atoms with van der Waals surface area (Å²) >= 11 is 7.42. The van der Waals surface area contributed by atoms with Gasteiger partial charge in [-0.2, -0.15) is 0 Å². The van der Waals surface area contributed by atoms with Crippen molar-refractivity contribution in [2.24, 2.45) is 16.1 Å². The van der Waals surface area contributed by atoms with Crippen LogP contribution >= 0.6 is 23.4 Å².